The fourth-order valence-electron chi connectivity index (χ4n) is 3.08. The van der Waals surface area contributed by atoms with Crippen LogP contribution in [0.1, 0.15) is 35.3 Å². The summed E-state index contributed by atoms with van der Waals surface area (Å²) < 4.78 is 14.4. The number of aryl methyl sites for hydroxylation is 2. The van der Waals surface area contributed by atoms with Gasteiger partial charge in [0.05, 0.1) is 17.9 Å². The second-order valence-electron chi connectivity index (χ2n) is 6.50. The van der Waals surface area contributed by atoms with Gasteiger partial charge in [-0.05, 0) is 51.5 Å². The largest absolute Gasteiger partial charge is 0.492 e. The Hall–Kier alpha value is -2.44. The topological polar surface area (TPSA) is 52.8 Å². The molecule has 1 heterocycles. The lowest BCUT2D eigenvalue weighted by Gasteiger charge is -2.10. The number of ether oxygens (including phenoxy) is 2. The molecule has 0 aliphatic rings. The van der Waals surface area contributed by atoms with Crippen molar-refractivity contribution in [3.63, 3.8) is 0 Å². The SMILES string of the molecule is CCOCCn1c(=NC(=O)c2cc(C)ccc2C)sc2cccc(OCC)c21. The minimum atomic E-state index is -0.226. The number of thiazole rings is 1. The first-order chi connectivity index (χ1) is 13.5. The van der Waals surface area contributed by atoms with Crippen molar-refractivity contribution in [2.24, 2.45) is 4.99 Å². The van der Waals surface area contributed by atoms with Crippen molar-refractivity contribution in [3.8, 4) is 5.75 Å². The second-order valence-corrected chi connectivity index (χ2v) is 7.51. The van der Waals surface area contributed by atoms with Gasteiger partial charge in [-0.3, -0.25) is 4.79 Å². The number of nitrogens with zero attached hydrogens (tertiary/aromatic N) is 2. The first-order valence-electron chi connectivity index (χ1n) is 9.54. The summed E-state index contributed by atoms with van der Waals surface area (Å²) in [4.78, 5) is 18.1. The average molecular weight is 399 g/mol. The van der Waals surface area contributed by atoms with Gasteiger partial charge in [0.25, 0.3) is 5.91 Å². The molecule has 0 aliphatic heterocycles. The number of benzene rings is 2. The summed E-state index contributed by atoms with van der Waals surface area (Å²) in [5.41, 5.74) is 3.57. The molecule has 0 atom stereocenters. The van der Waals surface area contributed by atoms with E-state index in [1.807, 2.05) is 68.7 Å². The Balaban J connectivity index is 2.14. The van der Waals surface area contributed by atoms with Gasteiger partial charge in [0, 0.05) is 18.7 Å². The lowest BCUT2D eigenvalue weighted by Crippen LogP contribution is -2.20. The van der Waals surface area contributed by atoms with Crippen molar-refractivity contribution in [2.45, 2.75) is 34.2 Å². The van der Waals surface area contributed by atoms with E-state index < -0.39 is 0 Å². The lowest BCUT2D eigenvalue weighted by atomic mass is 10.1. The molecule has 0 saturated heterocycles. The molecule has 0 bridgehead atoms. The van der Waals surface area contributed by atoms with Gasteiger partial charge < -0.3 is 14.0 Å². The van der Waals surface area contributed by atoms with E-state index >= 15 is 0 Å². The lowest BCUT2D eigenvalue weighted by molar-refractivity contribution is 0.0996. The predicted molar refractivity (Wildman–Crippen MR) is 113 cm³/mol. The minimum absolute atomic E-state index is 0.226. The van der Waals surface area contributed by atoms with E-state index in [1.165, 1.54) is 11.3 Å². The molecule has 1 amide bonds. The average Bonchev–Trinajstić information content (AvgIpc) is 3.02. The van der Waals surface area contributed by atoms with Crippen molar-refractivity contribution < 1.29 is 14.3 Å². The monoisotopic (exact) mass is 398 g/mol. The standard InChI is InChI=1S/C22H26N2O3S/c1-5-26-13-12-24-20-18(27-6-2)8-7-9-19(20)28-22(24)23-21(25)17-14-15(3)10-11-16(17)4/h7-11,14H,5-6,12-13H2,1-4H3. The zero-order chi connectivity index (χ0) is 20.1. The van der Waals surface area contributed by atoms with Crippen LogP contribution in [0.4, 0.5) is 0 Å². The van der Waals surface area contributed by atoms with E-state index in [-0.39, 0.29) is 5.91 Å². The van der Waals surface area contributed by atoms with Gasteiger partial charge in [0.15, 0.2) is 4.80 Å². The van der Waals surface area contributed by atoms with Crippen molar-refractivity contribution in [3.05, 3.63) is 57.9 Å². The number of aromatic nitrogens is 1. The molecular formula is C22H26N2O3S. The Labute approximate surface area is 169 Å². The molecule has 6 heteroatoms. The molecular weight excluding hydrogens is 372 g/mol. The van der Waals surface area contributed by atoms with Crippen LogP contribution in [-0.4, -0.2) is 30.3 Å². The zero-order valence-corrected chi connectivity index (χ0v) is 17.6. The van der Waals surface area contributed by atoms with Crippen LogP contribution in [0.3, 0.4) is 0 Å². The number of hydrogen-bond acceptors (Lipinski definition) is 4. The van der Waals surface area contributed by atoms with Crippen LogP contribution < -0.4 is 9.54 Å². The summed E-state index contributed by atoms with van der Waals surface area (Å²) in [5.74, 6) is 0.573. The molecule has 28 heavy (non-hydrogen) atoms. The summed E-state index contributed by atoms with van der Waals surface area (Å²) in [6.07, 6.45) is 0. The Bertz CT molecular complexity index is 1050. The third-order valence-electron chi connectivity index (χ3n) is 4.45. The summed E-state index contributed by atoms with van der Waals surface area (Å²) in [7, 11) is 0. The van der Waals surface area contributed by atoms with Gasteiger partial charge in [0.1, 0.15) is 11.3 Å². The first kappa shape index (κ1) is 20.3. The van der Waals surface area contributed by atoms with Crippen LogP contribution in [0.2, 0.25) is 0 Å². The van der Waals surface area contributed by atoms with Gasteiger partial charge in [-0.15, -0.1) is 0 Å². The second kappa shape index (κ2) is 9.17. The summed E-state index contributed by atoms with van der Waals surface area (Å²) >= 11 is 1.49. The number of carbonyl (C=O) groups is 1. The molecule has 0 unspecified atom stereocenters. The Morgan fingerprint density at radius 2 is 1.96 bits per heavy atom. The molecule has 0 fully saturated rings. The molecule has 5 nitrogen and oxygen atoms in total. The van der Waals surface area contributed by atoms with Gasteiger partial charge in [-0.25, -0.2) is 0 Å². The fraction of sp³-hybridized carbons (Fsp3) is 0.364. The predicted octanol–water partition coefficient (Wildman–Crippen LogP) is 4.50. The summed E-state index contributed by atoms with van der Waals surface area (Å²) in [5, 5.41) is 0. The van der Waals surface area contributed by atoms with Crippen LogP contribution >= 0.6 is 11.3 Å². The third-order valence-corrected chi connectivity index (χ3v) is 5.49. The molecule has 0 aliphatic carbocycles. The van der Waals surface area contributed by atoms with Gasteiger partial charge >= 0.3 is 0 Å². The third kappa shape index (κ3) is 4.34. The molecule has 148 valence electrons. The maximum atomic E-state index is 12.9. The molecule has 0 N–H and O–H groups in total. The quantitative estimate of drug-likeness (QED) is 0.551. The van der Waals surface area contributed by atoms with Crippen LogP contribution in [0, 0.1) is 13.8 Å². The van der Waals surface area contributed by atoms with Crippen LogP contribution in [0.15, 0.2) is 41.4 Å². The number of para-hydroxylation sites is 1. The smallest absolute Gasteiger partial charge is 0.279 e. The first-order valence-corrected chi connectivity index (χ1v) is 10.4. The van der Waals surface area contributed by atoms with Crippen LogP contribution in [0.25, 0.3) is 10.2 Å². The van der Waals surface area contributed by atoms with Crippen molar-refractivity contribution in [2.75, 3.05) is 19.8 Å². The Morgan fingerprint density at radius 1 is 1.14 bits per heavy atom. The van der Waals surface area contributed by atoms with Crippen molar-refractivity contribution in [1.29, 1.82) is 0 Å². The van der Waals surface area contributed by atoms with E-state index in [0.29, 0.717) is 36.7 Å². The molecule has 0 spiro atoms. The fourth-order valence-corrected chi connectivity index (χ4v) is 4.15. The highest BCUT2D eigenvalue weighted by atomic mass is 32.1. The van der Waals surface area contributed by atoms with E-state index in [1.54, 1.807) is 0 Å². The number of rotatable bonds is 7. The van der Waals surface area contributed by atoms with E-state index in [9.17, 15) is 4.79 Å². The highest BCUT2D eigenvalue weighted by Gasteiger charge is 2.14. The Morgan fingerprint density at radius 3 is 2.71 bits per heavy atom. The highest BCUT2D eigenvalue weighted by Crippen LogP contribution is 2.27. The number of amides is 1. The molecule has 3 rings (SSSR count). The van der Waals surface area contributed by atoms with E-state index in [4.69, 9.17) is 9.47 Å². The molecule has 2 aromatic carbocycles. The number of carbonyl (C=O) groups excluding carboxylic acids is 1. The normalized spacial score (nSPS) is 11.9. The van der Waals surface area contributed by atoms with E-state index in [2.05, 4.69) is 4.99 Å². The Kier molecular flexibility index (Phi) is 6.65. The maximum Gasteiger partial charge on any atom is 0.279 e. The molecule has 0 radical (unpaired) electrons. The van der Waals surface area contributed by atoms with Crippen molar-refractivity contribution >= 4 is 27.5 Å². The highest BCUT2D eigenvalue weighted by molar-refractivity contribution is 7.16. The van der Waals surface area contributed by atoms with Gasteiger partial charge in [-0.2, -0.15) is 4.99 Å². The minimum Gasteiger partial charge on any atom is -0.492 e. The van der Waals surface area contributed by atoms with Crippen LogP contribution in [-0.2, 0) is 11.3 Å². The zero-order valence-electron chi connectivity index (χ0n) is 16.8. The van der Waals surface area contributed by atoms with Crippen molar-refractivity contribution in [1.82, 2.24) is 4.57 Å². The van der Waals surface area contributed by atoms with Gasteiger partial charge in [0.2, 0.25) is 0 Å². The van der Waals surface area contributed by atoms with Gasteiger partial charge in [-0.1, -0.05) is 35.1 Å². The maximum absolute atomic E-state index is 12.9. The molecule has 0 saturated carbocycles. The summed E-state index contributed by atoms with van der Waals surface area (Å²) in [6.45, 7) is 10.2. The number of fused-ring (bicyclic) bond motifs is 1. The number of hydrogen-bond donors (Lipinski definition) is 0. The van der Waals surface area contributed by atoms with Crippen LogP contribution in [0.5, 0.6) is 5.75 Å². The van der Waals surface area contributed by atoms with E-state index in [0.717, 1.165) is 27.1 Å². The molecule has 1 aromatic heterocycles. The summed E-state index contributed by atoms with van der Waals surface area (Å²) in [6, 6.07) is 11.8. The molecule has 3 aromatic rings.